The summed E-state index contributed by atoms with van der Waals surface area (Å²) in [7, 11) is -3.50. The zero-order valence-corrected chi connectivity index (χ0v) is 17.4. The van der Waals surface area contributed by atoms with Crippen molar-refractivity contribution in [1.82, 2.24) is 24.2 Å². The number of hydrogen-bond acceptors (Lipinski definition) is 7. The molecule has 1 unspecified atom stereocenters. The Labute approximate surface area is 176 Å². The Morgan fingerprint density at radius 1 is 1.07 bits per heavy atom. The third-order valence-corrected chi connectivity index (χ3v) is 7.51. The van der Waals surface area contributed by atoms with Crippen LogP contribution in [-0.4, -0.2) is 71.3 Å². The monoisotopic (exact) mass is 431 g/mol. The van der Waals surface area contributed by atoms with Crippen LogP contribution in [0.1, 0.15) is 19.3 Å². The van der Waals surface area contributed by atoms with Crippen LogP contribution in [0.2, 0.25) is 0 Å². The number of ether oxygens (including phenoxy) is 1. The molecule has 2 aliphatic rings. The summed E-state index contributed by atoms with van der Waals surface area (Å²) in [6.45, 7) is 2.68. The molecule has 0 spiro atoms. The molecular formula is C20H25N5O4S. The van der Waals surface area contributed by atoms with Gasteiger partial charge in [-0.2, -0.15) is 4.31 Å². The standard InChI is InChI=1S/C20H25N5O4S/c26-20-10-17(15-29-19-12-22-6-7-23-19)14-24(20)13-16-3-8-25(9-4-16)30(27,28)18-2-1-5-21-11-18/h1-2,5-7,11-12,16-17H,3-4,8-10,13-15H2. The van der Waals surface area contributed by atoms with Gasteiger partial charge in [0.15, 0.2) is 0 Å². The second kappa shape index (κ2) is 9.05. The molecule has 9 nitrogen and oxygen atoms in total. The number of rotatable bonds is 7. The summed E-state index contributed by atoms with van der Waals surface area (Å²) in [6.07, 6.45) is 9.60. The van der Waals surface area contributed by atoms with E-state index in [4.69, 9.17) is 4.74 Å². The first-order chi connectivity index (χ1) is 14.5. The van der Waals surface area contributed by atoms with Crippen LogP contribution in [0.15, 0.2) is 48.0 Å². The molecule has 0 aliphatic carbocycles. The third-order valence-electron chi connectivity index (χ3n) is 5.63. The van der Waals surface area contributed by atoms with Gasteiger partial charge < -0.3 is 9.64 Å². The molecule has 2 aliphatic heterocycles. The van der Waals surface area contributed by atoms with Crippen molar-refractivity contribution in [2.24, 2.45) is 11.8 Å². The fourth-order valence-electron chi connectivity index (χ4n) is 4.00. The van der Waals surface area contributed by atoms with E-state index in [-0.39, 0.29) is 16.7 Å². The van der Waals surface area contributed by atoms with Crippen LogP contribution < -0.4 is 4.74 Å². The lowest BCUT2D eigenvalue weighted by Crippen LogP contribution is -2.42. The molecule has 4 rings (SSSR count). The number of amides is 1. The molecule has 0 radical (unpaired) electrons. The smallest absolute Gasteiger partial charge is 0.244 e. The second-order valence-corrected chi connectivity index (χ2v) is 9.70. The Morgan fingerprint density at radius 3 is 2.57 bits per heavy atom. The maximum absolute atomic E-state index is 12.7. The summed E-state index contributed by atoms with van der Waals surface area (Å²) in [5.41, 5.74) is 0. The minimum absolute atomic E-state index is 0.130. The molecule has 0 bridgehead atoms. The zero-order valence-electron chi connectivity index (χ0n) is 16.6. The number of piperidine rings is 1. The molecule has 1 amide bonds. The molecule has 2 fully saturated rings. The van der Waals surface area contributed by atoms with E-state index in [1.54, 1.807) is 36.9 Å². The first-order valence-electron chi connectivity index (χ1n) is 10.1. The second-order valence-electron chi connectivity index (χ2n) is 7.76. The van der Waals surface area contributed by atoms with Gasteiger partial charge in [0.1, 0.15) is 4.90 Å². The van der Waals surface area contributed by atoms with E-state index < -0.39 is 10.0 Å². The lowest BCUT2D eigenvalue weighted by molar-refractivity contribution is -0.128. The molecule has 2 saturated heterocycles. The number of aromatic nitrogens is 3. The van der Waals surface area contributed by atoms with Gasteiger partial charge in [0, 0.05) is 63.3 Å². The normalized spacial score (nSPS) is 21.1. The van der Waals surface area contributed by atoms with E-state index in [9.17, 15) is 13.2 Å². The molecule has 0 saturated carbocycles. The predicted molar refractivity (Wildman–Crippen MR) is 108 cm³/mol. The SMILES string of the molecule is O=C1CC(COc2cnccn2)CN1CC1CCN(S(=O)(=O)c2cccnc2)CC1. The number of hydrogen-bond donors (Lipinski definition) is 0. The molecule has 160 valence electrons. The highest BCUT2D eigenvalue weighted by Crippen LogP contribution is 2.27. The van der Waals surface area contributed by atoms with E-state index in [2.05, 4.69) is 15.0 Å². The van der Waals surface area contributed by atoms with Crippen LogP contribution in [0.5, 0.6) is 5.88 Å². The molecule has 0 aromatic carbocycles. The van der Waals surface area contributed by atoms with Crippen molar-refractivity contribution in [3.8, 4) is 5.88 Å². The van der Waals surface area contributed by atoms with Crippen LogP contribution >= 0.6 is 0 Å². The van der Waals surface area contributed by atoms with Crippen molar-refractivity contribution in [2.45, 2.75) is 24.2 Å². The summed E-state index contributed by atoms with van der Waals surface area (Å²) < 4.78 is 32.6. The molecule has 30 heavy (non-hydrogen) atoms. The highest BCUT2D eigenvalue weighted by Gasteiger charge is 2.34. The van der Waals surface area contributed by atoms with Gasteiger partial charge in [-0.05, 0) is 30.9 Å². The van der Waals surface area contributed by atoms with E-state index in [1.165, 1.54) is 10.5 Å². The van der Waals surface area contributed by atoms with Gasteiger partial charge in [0.2, 0.25) is 21.8 Å². The van der Waals surface area contributed by atoms with Gasteiger partial charge in [-0.15, -0.1) is 0 Å². The van der Waals surface area contributed by atoms with E-state index in [0.29, 0.717) is 51.0 Å². The molecule has 10 heteroatoms. The number of likely N-dealkylation sites (tertiary alicyclic amines) is 1. The van der Waals surface area contributed by atoms with Gasteiger partial charge in [0.25, 0.3) is 0 Å². The number of carbonyl (C=O) groups excluding carboxylic acids is 1. The third kappa shape index (κ3) is 4.76. The molecule has 4 heterocycles. The fourth-order valence-corrected chi connectivity index (χ4v) is 5.43. The van der Waals surface area contributed by atoms with Gasteiger partial charge in [-0.1, -0.05) is 0 Å². The van der Waals surface area contributed by atoms with Gasteiger partial charge in [0.05, 0.1) is 12.8 Å². The highest BCUT2D eigenvalue weighted by atomic mass is 32.2. The number of carbonyl (C=O) groups is 1. The van der Waals surface area contributed by atoms with Crippen molar-refractivity contribution in [3.63, 3.8) is 0 Å². The quantitative estimate of drug-likeness (QED) is 0.648. The lowest BCUT2D eigenvalue weighted by atomic mass is 9.97. The van der Waals surface area contributed by atoms with Crippen LogP contribution in [0.3, 0.4) is 0 Å². The average Bonchev–Trinajstić information content (AvgIpc) is 3.13. The highest BCUT2D eigenvalue weighted by molar-refractivity contribution is 7.89. The molecule has 2 aromatic heterocycles. The van der Waals surface area contributed by atoms with Crippen molar-refractivity contribution >= 4 is 15.9 Å². The Balaban J connectivity index is 1.25. The van der Waals surface area contributed by atoms with Crippen LogP contribution in [0, 0.1) is 11.8 Å². The van der Waals surface area contributed by atoms with Crippen molar-refractivity contribution < 1.29 is 17.9 Å². The van der Waals surface area contributed by atoms with Gasteiger partial charge >= 0.3 is 0 Å². The Hall–Kier alpha value is -2.59. The predicted octanol–water partition coefficient (Wildman–Crippen LogP) is 1.20. The van der Waals surface area contributed by atoms with E-state index >= 15 is 0 Å². The maximum Gasteiger partial charge on any atom is 0.244 e. The van der Waals surface area contributed by atoms with Crippen molar-refractivity contribution in [3.05, 3.63) is 43.1 Å². The fraction of sp³-hybridized carbons (Fsp3) is 0.500. The number of pyridine rings is 1. The zero-order chi connectivity index (χ0) is 21.0. The first kappa shape index (κ1) is 20.7. The van der Waals surface area contributed by atoms with Gasteiger partial charge in [-0.3, -0.25) is 14.8 Å². The van der Waals surface area contributed by atoms with Crippen LogP contribution in [0.4, 0.5) is 0 Å². The minimum atomic E-state index is -3.50. The average molecular weight is 432 g/mol. The van der Waals surface area contributed by atoms with Crippen molar-refractivity contribution in [2.75, 3.05) is 32.8 Å². The summed E-state index contributed by atoms with van der Waals surface area (Å²) in [6, 6.07) is 3.20. The Kier molecular flexibility index (Phi) is 6.24. The number of sulfonamides is 1. The lowest BCUT2D eigenvalue weighted by Gasteiger charge is -2.33. The molecular weight excluding hydrogens is 406 g/mol. The maximum atomic E-state index is 12.7. The van der Waals surface area contributed by atoms with Crippen LogP contribution in [0.25, 0.3) is 0 Å². The summed E-state index contributed by atoms with van der Waals surface area (Å²) in [5, 5.41) is 0. The minimum Gasteiger partial charge on any atom is -0.476 e. The van der Waals surface area contributed by atoms with E-state index in [0.717, 1.165) is 12.8 Å². The van der Waals surface area contributed by atoms with Crippen LogP contribution in [-0.2, 0) is 14.8 Å². The number of nitrogens with zero attached hydrogens (tertiary/aromatic N) is 5. The Bertz CT molecular complexity index is 950. The van der Waals surface area contributed by atoms with E-state index in [1.807, 2.05) is 4.90 Å². The first-order valence-corrected chi connectivity index (χ1v) is 11.5. The topological polar surface area (TPSA) is 106 Å². The summed E-state index contributed by atoms with van der Waals surface area (Å²) >= 11 is 0. The summed E-state index contributed by atoms with van der Waals surface area (Å²) in [4.78, 5) is 26.5. The van der Waals surface area contributed by atoms with Crippen molar-refractivity contribution in [1.29, 1.82) is 0 Å². The van der Waals surface area contributed by atoms with Gasteiger partial charge in [-0.25, -0.2) is 13.4 Å². The molecule has 2 aromatic rings. The Morgan fingerprint density at radius 2 is 1.87 bits per heavy atom. The molecule has 1 atom stereocenters. The summed E-state index contributed by atoms with van der Waals surface area (Å²) in [5.74, 6) is 1.03. The largest absolute Gasteiger partial charge is 0.476 e. The molecule has 0 N–H and O–H groups in total.